The molecule has 22 heavy (non-hydrogen) atoms. The van der Waals surface area contributed by atoms with E-state index in [-0.39, 0.29) is 23.3 Å². The number of amides is 1. The van der Waals surface area contributed by atoms with Crippen LogP contribution in [-0.2, 0) is 9.59 Å². The monoisotopic (exact) mass is 305 g/mol. The van der Waals surface area contributed by atoms with Crippen LogP contribution in [0.4, 0.5) is 0 Å². The highest BCUT2D eigenvalue weighted by molar-refractivity contribution is 5.80. The van der Waals surface area contributed by atoms with Crippen molar-refractivity contribution in [2.24, 2.45) is 29.1 Å². The van der Waals surface area contributed by atoms with Crippen molar-refractivity contribution in [1.29, 1.82) is 0 Å². The average molecular weight is 305 g/mol. The first kappa shape index (κ1) is 14.5. The summed E-state index contributed by atoms with van der Waals surface area (Å²) in [5, 5.41) is 9.25. The first-order chi connectivity index (χ1) is 10.5. The van der Waals surface area contributed by atoms with E-state index in [1.165, 1.54) is 38.5 Å². The van der Waals surface area contributed by atoms with E-state index in [0.717, 1.165) is 17.8 Å². The molecule has 4 nitrogen and oxygen atoms in total. The molecule has 122 valence electrons. The number of hydrogen-bond acceptors (Lipinski definition) is 2. The summed E-state index contributed by atoms with van der Waals surface area (Å²) in [5.74, 6) is 1.68. The van der Waals surface area contributed by atoms with E-state index in [1.807, 2.05) is 11.8 Å². The highest BCUT2D eigenvalue weighted by atomic mass is 16.4. The van der Waals surface area contributed by atoms with Gasteiger partial charge in [0.1, 0.15) is 0 Å². The molecule has 1 N–H and O–H groups in total. The third-order valence-electron chi connectivity index (χ3n) is 7.08. The average Bonchev–Trinajstić information content (AvgIpc) is 2.78. The Labute approximate surface area is 132 Å². The van der Waals surface area contributed by atoms with Crippen molar-refractivity contribution in [3.63, 3.8) is 0 Å². The minimum Gasteiger partial charge on any atom is -0.481 e. The van der Waals surface area contributed by atoms with Crippen LogP contribution in [-0.4, -0.2) is 34.5 Å². The van der Waals surface area contributed by atoms with Crippen LogP contribution in [0.1, 0.15) is 58.3 Å². The Kier molecular flexibility index (Phi) is 3.28. The van der Waals surface area contributed by atoms with Gasteiger partial charge in [0.05, 0.1) is 5.92 Å². The molecule has 4 aliphatic carbocycles. The Bertz CT molecular complexity index is 465. The molecule has 1 aliphatic heterocycles. The number of carboxylic acids is 1. The number of carbonyl (C=O) groups excluding carboxylic acids is 1. The summed E-state index contributed by atoms with van der Waals surface area (Å²) in [6.07, 6.45) is 9.22. The molecule has 0 spiro atoms. The number of nitrogens with zero attached hydrogens (tertiary/aromatic N) is 1. The third-order valence-corrected chi connectivity index (χ3v) is 7.08. The Hall–Kier alpha value is -1.06. The number of carbonyl (C=O) groups is 2. The molecule has 4 heteroatoms. The summed E-state index contributed by atoms with van der Waals surface area (Å²) in [6.45, 7) is 2.53. The molecule has 5 fully saturated rings. The topological polar surface area (TPSA) is 57.6 Å². The van der Waals surface area contributed by atoms with Crippen molar-refractivity contribution >= 4 is 11.9 Å². The van der Waals surface area contributed by atoms with Gasteiger partial charge in [0, 0.05) is 19.0 Å². The first-order valence-electron chi connectivity index (χ1n) is 8.98. The number of aliphatic carboxylic acids is 1. The van der Waals surface area contributed by atoms with E-state index >= 15 is 0 Å². The van der Waals surface area contributed by atoms with Gasteiger partial charge in [-0.25, -0.2) is 0 Å². The number of rotatable bonds is 3. The molecule has 0 aromatic rings. The minimum absolute atomic E-state index is 0.140. The van der Waals surface area contributed by atoms with Gasteiger partial charge in [-0.05, 0) is 75.0 Å². The largest absolute Gasteiger partial charge is 0.481 e. The summed E-state index contributed by atoms with van der Waals surface area (Å²) < 4.78 is 0. The van der Waals surface area contributed by atoms with Crippen molar-refractivity contribution < 1.29 is 14.7 Å². The van der Waals surface area contributed by atoms with Crippen LogP contribution in [0, 0.1) is 29.1 Å². The Balaban J connectivity index is 1.45. The SMILES string of the molecule is CC1C(C(=O)O)CCN1C(=O)CC12CC3CC(CC(C3)C1)C2. The maximum atomic E-state index is 12.8. The molecule has 4 saturated carbocycles. The zero-order valence-electron chi connectivity index (χ0n) is 13.5. The van der Waals surface area contributed by atoms with Crippen molar-refractivity contribution in [2.45, 2.75) is 64.3 Å². The van der Waals surface area contributed by atoms with Crippen LogP contribution in [0.2, 0.25) is 0 Å². The second-order valence-electron chi connectivity index (χ2n) is 8.66. The second kappa shape index (κ2) is 4.97. The molecule has 1 saturated heterocycles. The van der Waals surface area contributed by atoms with E-state index in [0.29, 0.717) is 19.4 Å². The molecular weight excluding hydrogens is 278 g/mol. The molecule has 1 heterocycles. The number of hydrogen-bond donors (Lipinski definition) is 1. The standard InChI is InChI=1S/C18H27NO3/c1-11-15(17(21)22)2-3-19(11)16(20)10-18-7-12-4-13(8-18)6-14(5-12)9-18/h11-15H,2-10H2,1H3,(H,21,22). The predicted molar refractivity (Wildman–Crippen MR) is 82.1 cm³/mol. The molecule has 0 aromatic carbocycles. The summed E-state index contributed by atoms with van der Waals surface area (Å²) in [4.78, 5) is 26.0. The van der Waals surface area contributed by atoms with E-state index in [4.69, 9.17) is 0 Å². The van der Waals surface area contributed by atoms with E-state index in [1.54, 1.807) is 0 Å². The lowest BCUT2D eigenvalue weighted by Crippen LogP contribution is -2.49. The van der Waals surface area contributed by atoms with Gasteiger partial charge >= 0.3 is 5.97 Å². The molecule has 5 aliphatic rings. The highest BCUT2D eigenvalue weighted by Gasteiger charge is 2.52. The third kappa shape index (κ3) is 2.26. The number of carboxylic acid groups (broad SMARTS) is 1. The fraction of sp³-hybridized carbons (Fsp3) is 0.889. The van der Waals surface area contributed by atoms with Gasteiger partial charge in [-0.15, -0.1) is 0 Å². The number of likely N-dealkylation sites (tertiary alicyclic amines) is 1. The quantitative estimate of drug-likeness (QED) is 0.872. The van der Waals surface area contributed by atoms with Gasteiger partial charge in [-0.2, -0.15) is 0 Å². The van der Waals surface area contributed by atoms with Gasteiger partial charge in [0.25, 0.3) is 0 Å². The Morgan fingerprint density at radius 3 is 2.09 bits per heavy atom. The van der Waals surface area contributed by atoms with Crippen molar-refractivity contribution in [1.82, 2.24) is 4.90 Å². The summed E-state index contributed by atoms with van der Waals surface area (Å²) in [6, 6.07) is -0.140. The maximum Gasteiger partial charge on any atom is 0.308 e. The fourth-order valence-corrected chi connectivity index (χ4v) is 6.55. The summed E-state index contributed by atoms with van der Waals surface area (Å²) in [7, 11) is 0. The van der Waals surface area contributed by atoms with Crippen molar-refractivity contribution in [3.8, 4) is 0 Å². The fourth-order valence-electron chi connectivity index (χ4n) is 6.55. The molecule has 0 radical (unpaired) electrons. The smallest absolute Gasteiger partial charge is 0.308 e. The molecule has 0 aromatic heterocycles. The first-order valence-corrected chi connectivity index (χ1v) is 8.98. The highest BCUT2D eigenvalue weighted by Crippen LogP contribution is 2.61. The lowest BCUT2D eigenvalue weighted by Gasteiger charge is -2.57. The zero-order valence-corrected chi connectivity index (χ0v) is 13.5. The van der Waals surface area contributed by atoms with E-state index in [9.17, 15) is 14.7 Å². The molecule has 2 atom stereocenters. The van der Waals surface area contributed by atoms with Crippen molar-refractivity contribution in [2.75, 3.05) is 6.54 Å². The predicted octanol–water partition coefficient (Wildman–Crippen LogP) is 2.91. The van der Waals surface area contributed by atoms with Gasteiger partial charge in [0.15, 0.2) is 0 Å². The second-order valence-corrected chi connectivity index (χ2v) is 8.66. The van der Waals surface area contributed by atoms with Crippen LogP contribution in [0.15, 0.2) is 0 Å². The molecule has 5 rings (SSSR count). The van der Waals surface area contributed by atoms with Gasteiger partial charge in [-0.1, -0.05) is 0 Å². The van der Waals surface area contributed by atoms with Gasteiger partial charge < -0.3 is 10.0 Å². The van der Waals surface area contributed by atoms with Crippen molar-refractivity contribution in [3.05, 3.63) is 0 Å². The van der Waals surface area contributed by atoms with Crippen LogP contribution >= 0.6 is 0 Å². The minimum atomic E-state index is -0.752. The maximum absolute atomic E-state index is 12.8. The van der Waals surface area contributed by atoms with Crippen LogP contribution in [0.5, 0.6) is 0 Å². The lowest BCUT2D eigenvalue weighted by atomic mass is 9.49. The summed E-state index contributed by atoms with van der Waals surface area (Å²) >= 11 is 0. The normalized spacial score (nSPS) is 46.2. The Morgan fingerprint density at radius 1 is 1.09 bits per heavy atom. The summed E-state index contributed by atoms with van der Waals surface area (Å²) in [5.41, 5.74) is 0.257. The van der Waals surface area contributed by atoms with Crippen LogP contribution in [0.3, 0.4) is 0 Å². The van der Waals surface area contributed by atoms with Crippen LogP contribution < -0.4 is 0 Å². The molecular formula is C18H27NO3. The van der Waals surface area contributed by atoms with E-state index < -0.39 is 5.97 Å². The van der Waals surface area contributed by atoms with E-state index in [2.05, 4.69) is 0 Å². The molecule has 4 bridgehead atoms. The zero-order chi connectivity index (χ0) is 15.5. The van der Waals surface area contributed by atoms with Gasteiger partial charge in [0.2, 0.25) is 5.91 Å². The molecule has 1 amide bonds. The lowest BCUT2D eigenvalue weighted by molar-refractivity contribution is -0.144. The van der Waals surface area contributed by atoms with Gasteiger partial charge in [-0.3, -0.25) is 9.59 Å². The molecule has 2 unspecified atom stereocenters. The Morgan fingerprint density at radius 2 is 1.64 bits per heavy atom. The van der Waals surface area contributed by atoms with Crippen LogP contribution in [0.25, 0.3) is 0 Å².